The average molecular weight is 429 g/mol. The average Bonchev–Trinajstić information content (AvgIpc) is 3.06. The molecule has 1 aliphatic heterocycles. The summed E-state index contributed by atoms with van der Waals surface area (Å²) in [5, 5.41) is 10.9. The van der Waals surface area contributed by atoms with Gasteiger partial charge in [-0.25, -0.2) is 0 Å². The van der Waals surface area contributed by atoms with Gasteiger partial charge in [-0.2, -0.15) is 5.26 Å². The van der Waals surface area contributed by atoms with Crippen molar-refractivity contribution >= 4 is 39.8 Å². The number of nitrogens with zero attached hydrogens (tertiary/aromatic N) is 2. The Labute approximate surface area is 184 Å². The van der Waals surface area contributed by atoms with E-state index in [1.165, 1.54) is 4.90 Å². The molecule has 3 aromatic carbocycles. The Morgan fingerprint density at radius 1 is 1.06 bits per heavy atom. The highest BCUT2D eigenvalue weighted by molar-refractivity contribution is 8.18. The summed E-state index contributed by atoms with van der Waals surface area (Å²) in [7, 11) is 0. The number of thioether (sulfide) groups is 1. The number of amides is 2. The predicted molar refractivity (Wildman–Crippen MR) is 122 cm³/mol. The number of hydrogen-bond donors (Lipinski definition) is 0. The highest BCUT2D eigenvalue weighted by Gasteiger charge is 2.35. The van der Waals surface area contributed by atoms with Crippen LogP contribution in [0.1, 0.15) is 30.0 Å². The van der Waals surface area contributed by atoms with Gasteiger partial charge >= 0.3 is 0 Å². The summed E-state index contributed by atoms with van der Waals surface area (Å²) in [6.45, 7) is 2.66. The number of nitriles is 1. The van der Waals surface area contributed by atoms with Gasteiger partial charge in [0.2, 0.25) is 0 Å². The summed E-state index contributed by atoms with van der Waals surface area (Å²) in [5.74, 6) is 0.319. The lowest BCUT2D eigenvalue weighted by Crippen LogP contribution is -2.27. The van der Waals surface area contributed by atoms with E-state index in [4.69, 9.17) is 4.74 Å². The molecule has 3 aromatic rings. The largest absolute Gasteiger partial charge is 0.493 e. The molecule has 0 bridgehead atoms. The first-order chi connectivity index (χ1) is 15.1. The molecule has 2 amide bonds. The maximum atomic E-state index is 13.1. The van der Waals surface area contributed by atoms with Gasteiger partial charge in [-0.15, -0.1) is 0 Å². The number of hydrogen-bond acceptors (Lipinski definition) is 5. The molecule has 1 saturated heterocycles. The lowest BCUT2D eigenvalue weighted by Gasteiger charge is -2.14. The van der Waals surface area contributed by atoms with Crippen LogP contribution in [0.25, 0.3) is 16.8 Å². The van der Waals surface area contributed by atoms with Gasteiger partial charge in [0, 0.05) is 5.56 Å². The Morgan fingerprint density at radius 3 is 2.65 bits per heavy atom. The molecule has 0 unspecified atom stereocenters. The van der Waals surface area contributed by atoms with Crippen molar-refractivity contribution in [2.75, 3.05) is 6.61 Å². The van der Waals surface area contributed by atoms with Crippen LogP contribution >= 0.6 is 11.8 Å². The number of rotatable bonds is 6. The molecule has 4 rings (SSSR count). The number of ether oxygens (including phenoxy) is 1. The standard InChI is InChI=1S/C25H20N2O3S/c1-2-13-30-22-12-11-17-7-5-6-10-20(17)21(22)14-23-24(28)27(25(29)31-23)16-19-9-4-3-8-18(19)15-26/h3-12,14H,2,13,16H2,1H3/b23-14-. The molecule has 1 fully saturated rings. The van der Waals surface area contributed by atoms with Crippen LogP contribution in [0, 0.1) is 11.3 Å². The minimum absolute atomic E-state index is 0.0699. The van der Waals surface area contributed by atoms with Crippen molar-refractivity contribution in [2.24, 2.45) is 0 Å². The van der Waals surface area contributed by atoms with Crippen LogP contribution in [0.3, 0.4) is 0 Å². The maximum absolute atomic E-state index is 13.1. The summed E-state index contributed by atoms with van der Waals surface area (Å²) < 4.78 is 5.92. The van der Waals surface area contributed by atoms with Crippen molar-refractivity contribution in [3.05, 3.63) is 82.3 Å². The van der Waals surface area contributed by atoms with E-state index >= 15 is 0 Å². The van der Waals surface area contributed by atoms with E-state index in [9.17, 15) is 14.9 Å². The number of fused-ring (bicyclic) bond motifs is 1. The van der Waals surface area contributed by atoms with E-state index in [0.717, 1.165) is 34.5 Å². The number of carbonyl (C=O) groups excluding carboxylic acids is 2. The number of benzene rings is 3. The Morgan fingerprint density at radius 2 is 1.84 bits per heavy atom. The van der Waals surface area contributed by atoms with E-state index in [1.54, 1.807) is 30.3 Å². The van der Waals surface area contributed by atoms with Crippen molar-refractivity contribution < 1.29 is 14.3 Å². The number of carbonyl (C=O) groups is 2. The quantitative estimate of drug-likeness (QED) is 0.469. The highest BCUT2D eigenvalue weighted by atomic mass is 32.2. The van der Waals surface area contributed by atoms with Crippen molar-refractivity contribution in [3.8, 4) is 11.8 Å². The lowest BCUT2D eigenvalue weighted by molar-refractivity contribution is -0.123. The topological polar surface area (TPSA) is 70.4 Å². The van der Waals surface area contributed by atoms with Gasteiger partial charge in [0.25, 0.3) is 11.1 Å². The third-order valence-electron chi connectivity index (χ3n) is 5.01. The van der Waals surface area contributed by atoms with Gasteiger partial charge in [0.05, 0.1) is 29.7 Å². The summed E-state index contributed by atoms with van der Waals surface area (Å²) in [4.78, 5) is 27.2. The molecular formula is C25H20N2O3S. The lowest BCUT2D eigenvalue weighted by atomic mass is 10.0. The van der Waals surface area contributed by atoms with E-state index in [2.05, 4.69) is 6.07 Å². The fourth-order valence-electron chi connectivity index (χ4n) is 3.47. The molecule has 154 valence electrons. The first kappa shape index (κ1) is 20.7. The fourth-order valence-corrected chi connectivity index (χ4v) is 4.29. The van der Waals surface area contributed by atoms with Gasteiger partial charge in [-0.05, 0) is 52.7 Å². The van der Waals surface area contributed by atoms with Gasteiger partial charge in [0.1, 0.15) is 5.75 Å². The fraction of sp³-hybridized carbons (Fsp3) is 0.160. The first-order valence-corrected chi connectivity index (χ1v) is 10.8. The Kier molecular flexibility index (Phi) is 6.06. The number of imide groups is 1. The van der Waals surface area contributed by atoms with Crippen LogP contribution in [0.15, 0.2) is 65.6 Å². The second-order valence-electron chi connectivity index (χ2n) is 7.08. The van der Waals surface area contributed by atoms with Crippen molar-refractivity contribution in [2.45, 2.75) is 19.9 Å². The molecule has 6 heteroatoms. The third-order valence-corrected chi connectivity index (χ3v) is 5.92. The highest BCUT2D eigenvalue weighted by Crippen LogP contribution is 2.37. The summed E-state index contributed by atoms with van der Waals surface area (Å²) >= 11 is 0.911. The van der Waals surface area contributed by atoms with Crippen LogP contribution in [0.4, 0.5) is 4.79 Å². The SMILES string of the molecule is CCCOc1ccc2ccccc2c1/C=C1\SC(=O)N(Cc2ccccc2C#N)C1=O. The minimum Gasteiger partial charge on any atom is -0.493 e. The second-order valence-corrected chi connectivity index (χ2v) is 8.08. The summed E-state index contributed by atoms with van der Waals surface area (Å²) in [6, 6.07) is 20.9. The van der Waals surface area contributed by atoms with E-state index in [0.29, 0.717) is 28.4 Å². The maximum Gasteiger partial charge on any atom is 0.293 e. The zero-order valence-corrected chi connectivity index (χ0v) is 17.8. The molecule has 0 aliphatic carbocycles. The zero-order valence-electron chi connectivity index (χ0n) is 17.0. The van der Waals surface area contributed by atoms with Crippen molar-refractivity contribution in [1.29, 1.82) is 5.26 Å². The van der Waals surface area contributed by atoms with Crippen LogP contribution in [-0.4, -0.2) is 22.7 Å². The van der Waals surface area contributed by atoms with Crippen LogP contribution in [0.5, 0.6) is 5.75 Å². The zero-order chi connectivity index (χ0) is 21.8. The van der Waals surface area contributed by atoms with Gasteiger partial charge in [0.15, 0.2) is 0 Å². The molecule has 0 aromatic heterocycles. The van der Waals surface area contributed by atoms with Gasteiger partial charge < -0.3 is 4.74 Å². The van der Waals surface area contributed by atoms with E-state index < -0.39 is 0 Å². The molecule has 1 heterocycles. The second kappa shape index (κ2) is 9.07. The van der Waals surface area contributed by atoms with Crippen LogP contribution in [-0.2, 0) is 11.3 Å². The Balaban J connectivity index is 1.71. The Bertz CT molecular complexity index is 1240. The van der Waals surface area contributed by atoms with Crippen LogP contribution in [0.2, 0.25) is 0 Å². The van der Waals surface area contributed by atoms with Crippen LogP contribution < -0.4 is 4.74 Å². The van der Waals surface area contributed by atoms with E-state index in [1.807, 2.05) is 43.3 Å². The van der Waals surface area contributed by atoms with Gasteiger partial charge in [-0.1, -0.05) is 55.5 Å². The molecule has 5 nitrogen and oxygen atoms in total. The predicted octanol–water partition coefficient (Wildman–Crippen LogP) is 5.74. The first-order valence-electron chi connectivity index (χ1n) is 10.00. The smallest absolute Gasteiger partial charge is 0.293 e. The molecule has 0 spiro atoms. The molecule has 0 atom stereocenters. The molecule has 1 aliphatic rings. The molecule has 0 N–H and O–H groups in total. The minimum atomic E-state index is -0.364. The van der Waals surface area contributed by atoms with E-state index in [-0.39, 0.29) is 17.7 Å². The molecule has 31 heavy (non-hydrogen) atoms. The summed E-state index contributed by atoms with van der Waals surface area (Å²) in [5.41, 5.74) is 1.88. The molecule has 0 radical (unpaired) electrons. The van der Waals surface area contributed by atoms with Gasteiger partial charge in [-0.3, -0.25) is 14.5 Å². The van der Waals surface area contributed by atoms with Crippen molar-refractivity contribution in [1.82, 2.24) is 4.90 Å². The molecule has 0 saturated carbocycles. The summed E-state index contributed by atoms with van der Waals surface area (Å²) in [6.07, 6.45) is 2.61. The molecular weight excluding hydrogens is 408 g/mol. The Hall–Kier alpha value is -3.56. The third kappa shape index (κ3) is 4.18. The normalized spacial score (nSPS) is 15.0. The monoisotopic (exact) mass is 428 g/mol. The van der Waals surface area contributed by atoms with Crippen molar-refractivity contribution in [3.63, 3.8) is 0 Å².